The Kier molecular flexibility index (Phi) is 11.2. The summed E-state index contributed by atoms with van der Waals surface area (Å²) in [5.74, 6) is 7.61. The molecule has 0 atom stereocenters. The number of pyridine rings is 1. The number of aromatic nitrogens is 1. The minimum atomic E-state index is -4.98. The first-order valence-electron chi connectivity index (χ1n) is 16.1. The highest BCUT2D eigenvalue weighted by atomic mass is 19.4. The molecule has 0 unspecified atom stereocenters. The Morgan fingerprint density at radius 2 is 1.45 bits per heavy atom. The number of hydrazine groups is 1. The predicted molar refractivity (Wildman–Crippen MR) is 174 cm³/mol. The van der Waals surface area contributed by atoms with Crippen molar-refractivity contribution in [2.45, 2.75) is 84.7 Å². The monoisotopic (exact) mass is 665 g/mol. The largest absolute Gasteiger partial charge is 0.416 e. The molecule has 2 aromatic carbocycles. The van der Waals surface area contributed by atoms with Gasteiger partial charge in [0.25, 0.3) is 0 Å². The van der Waals surface area contributed by atoms with Crippen LogP contribution in [0, 0.1) is 11.8 Å². The van der Waals surface area contributed by atoms with E-state index in [2.05, 4.69) is 29.9 Å². The Morgan fingerprint density at radius 3 is 1.91 bits per heavy atom. The molecule has 3 aromatic rings. The van der Waals surface area contributed by atoms with Crippen molar-refractivity contribution in [1.29, 1.82) is 0 Å². The summed E-state index contributed by atoms with van der Waals surface area (Å²) in [4.78, 5) is 8.95. The maximum absolute atomic E-state index is 13.7. The lowest BCUT2D eigenvalue weighted by atomic mass is 9.98. The summed E-state index contributed by atoms with van der Waals surface area (Å²) in [5, 5.41) is 5.87. The summed E-state index contributed by atoms with van der Waals surface area (Å²) in [7, 11) is 1.42. The molecule has 258 valence electrons. The van der Waals surface area contributed by atoms with E-state index < -0.39 is 23.5 Å². The minimum absolute atomic E-state index is 0.0246. The number of fused-ring (bicyclic) bond motifs is 1. The Morgan fingerprint density at radius 1 is 0.894 bits per heavy atom. The van der Waals surface area contributed by atoms with Gasteiger partial charge in [0.2, 0.25) is 5.96 Å². The summed E-state index contributed by atoms with van der Waals surface area (Å²) < 4.78 is 82.1. The number of hydrogen-bond acceptors (Lipinski definition) is 5. The number of hydrogen-bond donors (Lipinski definition) is 2. The van der Waals surface area contributed by atoms with Gasteiger partial charge in [-0.15, -0.1) is 5.10 Å². The predicted octanol–water partition coefficient (Wildman–Crippen LogP) is 8.09. The first-order chi connectivity index (χ1) is 22.1. The number of benzene rings is 2. The van der Waals surface area contributed by atoms with Crippen LogP contribution < -0.4 is 16.5 Å². The van der Waals surface area contributed by atoms with Crippen LogP contribution in [0.2, 0.25) is 0 Å². The molecular weight excluding hydrogens is 620 g/mol. The molecule has 0 saturated heterocycles. The third-order valence-electron chi connectivity index (χ3n) is 8.17. The van der Waals surface area contributed by atoms with Crippen molar-refractivity contribution in [3.05, 3.63) is 70.3 Å². The number of nitrogens with zero attached hydrogens (tertiary/aromatic N) is 5. The number of nitrogens with two attached hydrogens (primary N) is 2. The van der Waals surface area contributed by atoms with Gasteiger partial charge in [-0.05, 0) is 78.8 Å². The Labute approximate surface area is 272 Å². The van der Waals surface area contributed by atoms with E-state index in [0.717, 1.165) is 71.7 Å². The van der Waals surface area contributed by atoms with Crippen molar-refractivity contribution in [1.82, 2.24) is 15.0 Å². The summed E-state index contributed by atoms with van der Waals surface area (Å²) in [5.41, 5.74) is 6.00. The van der Waals surface area contributed by atoms with Crippen molar-refractivity contribution in [3.8, 4) is 0 Å². The van der Waals surface area contributed by atoms with Gasteiger partial charge in [-0.1, -0.05) is 45.9 Å². The molecule has 0 amide bonds. The average Bonchev–Trinajstić information content (AvgIpc) is 3.93. The van der Waals surface area contributed by atoms with Crippen LogP contribution in [0.3, 0.4) is 0 Å². The van der Waals surface area contributed by atoms with Crippen molar-refractivity contribution in [2.24, 2.45) is 28.5 Å². The van der Waals surface area contributed by atoms with Crippen LogP contribution >= 0.6 is 0 Å². The van der Waals surface area contributed by atoms with E-state index >= 15 is 0 Å². The lowest BCUT2D eigenvalue weighted by Crippen LogP contribution is -2.40. The first kappa shape index (κ1) is 36.1. The normalized spacial score (nSPS) is 15.5. The lowest BCUT2D eigenvalue weighted by Gasteiger charge is -2.30. The molecule has 2 saturated carbocycles. The SMILES string of the molecule is CC.CC(C)c1cccc2cc(CN(Cc3cc(C(F)(F)F)cc(C(F)(F)F)c3)/C(N)=N/N(C)N)c(N(CC3CC3)CC3CC3)nc12. The Bertz CT molecular complexity index is 1500. The maximum Gasteiger partial charge on any atom is 0.416 e. The van der Waals surface area contributed by atoms with E-state index in [1.165, 1.54) is 11.9 Å². The van der Waals surface area contributed by atoms with Crippen molar-refractivity contribution in [2.75, 3.05) is 25.0 Å². The van der Waals surface area contributed by atoms with Crippen LogP contribution in [-0.4, -0.2) is 41.1 Å². The van der Waals surface area contributed by atoms with Gasteiger partial charge in [-0.3, -0.25) is 0 Å². The number of alkyl halides is 6. The third kappa shape index (κ3) is 9.65. The topological polar surface area (TPSA) is 87.0 Å². The fourth-order valence-corrected chi connectivity index (χ4v) is 5.56. The average molecular weight is 666 g/mol. The third-order valence-corrected chi connectivity index (χ3v) is 8.17. The van der Waals surface area contributed by atoms with Gasteiger partial charge in [0, 0.05) is 44.2 Å². The zero-order valence-corrected chi connectivity index (χ0v) is 27.6. The van der Waals surface area contributed by atoms with Crippen LogP contribution in [-0.2, 0) is 25.4 Å². The van der Waals surface area contributed by atoms with Gasteiger partial charge >= 0.3 is 12.4 Å². The zero-order chi connectivity index (χ0) is 34.7. The molecule has 0 bridgehead atoms. The van der Waals surface area contributed by atoms with Crippen LogP contribution in [0.25, 0.3) is 10.9 Å². The fraction of sp³-hybridized carbons (Fsp3) is 0.529. The fourth-order valence-electron chi connectivity index (χ4n) is 5.56. The highest BCUT2D eigenvalue weighted by Crippen LogP contribution is 2.39. The maximum atomic E-state index is 13.7. The van der Waals surface area contributed by atoms with Crippen LogP contribution in [0.4, 0.5) is 32.2 Å². The summed E-state index contributed by atoms with van der Waals surface area (Å²) in [6.07, 6.45) is -5.43. The van der Waals surface area contributed by atoms with E-state index in [-0.39, 0.29) is 36.6 Å². The second-order valence-corrected chi connectivity index (χ2v) is 12.6. The molecule has 2 fully saturated rings. The molecule has 0 radical (unpaired) electrons. The zero-order valence-electron chi connectivity index (χ0n) is 27.6. The van der Waals surface area contributed by atoms with E-state index in [9.17, 15) is 26.3 Å². The minimum Gasteiger partial charge on any atom is -0.368 e. The number of anilines is 1. The standard InChI is InChI=1S/C32H39F6N7.C2H6/c1-19(2)27-6-4-5-23-13-24(29(41-28(23)27)44(15-20-7-8-20)16-21-9-10-21)18-45(30(39)42-43(3)40)17-22-11-25(31(33,34)35)14-26(12-22)32(36,37)38;1-2/h4-6,11-14,19-21H,7-10,15-18,40H2,1-3H3,(H2,39,42);1-2H3. The molecule has 1 heterocycles. The van der Waals surface area contributed by atoms with Crippen LogP contribution in [0.5, 0.6) is 0 Å². The molecule has 13 heteroatoms. The van der Waals surface area contributed by atoms with E-state index in [1.807, 2.05) is 32.0 Å². The molecule has 5 rings (SSSR count). The number of halogens is 6. The molecule has 1 aromatic heterocycles. The van der Waals surface area contributed by atoms with Crippen molar-refractivity contribution < 1.29 is 26.3 Å². The summed E-state index contributed by atoms with van der Waals surface area (Å²) in [6, 6.07) is 9.49. The van der Waals surface area contributed by atoms with Crippen LogP contribution in [0.15, 0.2) is 47.6 Å². The number of para-hydroxylation sites is 1. The van der Waals surface area contributed by atoms with E-state index in [1.54, 1.807) is 0 Å². The van der Waals surface area contributed by atoms with Gasteiger partial charge < -0.3 is 15.5 Å². The summed E-state index contributed by atoms with van der Waals surface area (Å²) in [6.45, 7) is 9.49. The van der Waals surface area contributed by atoms with Crippen LogP contribution in [0.1, 0.15) is 87.1 Å². The van der Waals surface area contributed by atoms with Gasteiger partial charge in [0.1, 0.15) is 5.82 Å². The molecule has 47 heavy (non-hydrogen) atoms. The quantitative estimate of drug-likeness (QED) is 0.0708. The Balaban J connectivity index is 0.00000245. The van der Waals surface area contributed by atoms with Gasteiger partial charge in [-0.2, -0.15) is 26.3 Å². The Hall–Kier alpha value is -3.74. The molecule has 4 N–H and O–H groups in total. The molecule has 0 aliphatic heterocycles. The number of rotatable bonds is 11. The molecule has 7 nitrogen and oxygen atoms in total. The molecule has 2 aliphatic rings. The van der Waals surface area contributed by atoms with E-state index in [4.69, 9.17) is 16.6 Å². The molecule has 0 spiro atoms. The lowest BCUT2D eigenvalue weighted by molar-refractivity contribution is -0.143. The highest BCUT2D eigenvalue weighted by molar-refractivity contribution is 5.86. The molecule has 2 aliphatic carbocycles. The van der Waals surface area contributed by atoms with Gasteiger partial charge in [0.05, 0.1) is 16.6 Å². The second-order valence-electron chi connectivity index (χ2n) is 12.6. The number of hydrazone groups is 1. The van der Waals surface area contributed by atoms with Gasteiger partial charge in [0.15, 0.2) is 0 Å². The highest BCUT2D eigenvalue weighted by Gasteiger charge is 2.37. The molecular formula is C34H45F6N7. The van der Waals surface area contributed by atoms with E-state index in [0.29, 0.717) is 24.0 Å². The summed E-state index contributed by atoms with van der Waals surface area (Å²) >= 11 is 0. The van der Waals surface area contributed by atoms with Crippen molar-refractivity contribution in [3.63, 3.8) is 0 Å². The number of guanidine groups is 1. The van der Waals surface area contributed by atoms with Gasteiger partial charge in [-0.25, -0.2) is 15.9 Å². The first-order valence-corrected chi connectivity index (χ1v) is 16.1. The smallest absolute Gasteiger partial charge is 0.368 e. The second kappa shape index (κ2) is 14.6. The van der Waals surface area contributed by atoms with Crippen molar-refractivity contribution >= 4 is 22.7 Å².